The lowest BCUT2D eigenvalue weighted by atomic mass is 9.96. The second-order valence-corrected chi connectivity index (χ2v) is 10.7. The third-order valence-electron chi connectivity index (χ3n) is 7.55. The average molecular weight is 619 g/mol. The Morgan fingerprint density at radius 3 is 2.32 bits per heavy atom. The summed E-state index contributed by atoms with van der Waals surface area (Å²) in [6.45, 7) is 1.88. The molecule has 0 aliphatic carbocycles. The SMILES string of the molecule is Cc1c(C(=O)NCC(F)(F)F)ccc2nn(CC3CCN(C(=O)c4ccc(Oc5cccc(C(F)(F)F)c5)cc4)CC3)cc12. The van der Waals surface area contributed by atoms with Crippen LogP contribution in [0.1, 0.15) is 44.7 Å². The first kappa shape index (κ1) is 30.9. The molecule has 4 aromatic rings. The molecule has 0 radical (unpaired) electrons. The molecule has 7 nitrogen and oxygen atoms in total. The van der Waals surface area contributed by atoms with Crippen LogP contribution in [0.15, 0.2) is 66.9 Å². The fraction of sp³-hybridized carbons (Fsp3) is 0.323. The molecule has 3 aromatic carbocycles. The van der Waals surface area contributed by atoms with Crippen molar-refractivity contribution < 1.29 is 40.7 Å². The number of carbonyl (C=O) groups is 2. The maximum Gasteiger partial charge on any atom is 0.416 e. The molecule has 13 heteroatoms. The van der Waals surface area contributed by atoms with Gasteiger partial charge in [-0.15, -0.1) is 0 Å². The minimum atomic E-state index is -4.50. The number of halogens is 6. The van der Waals surface area contributed by atoms with Crippen LogP contribution < -0.4 is 10.1 Å². The number of fused-ring (bicyclic) bond motifs is 1. The van der Waals surface area contributed by atoms with Gasteiger partial charge in [-0.3, -0.25) is 14.3 Å². The Morgan fingerprint density at radius 1 is 0.955 bits per heavy atom. The van der Waals surface area contributed by atoms with Crippen molar-refractivity contribution in [2.45, 2.75) is 38.7 Å². The highest BCUT2D eigenvalue weighted by Crippen LogP contribution is 2.33. The van der Waals surface area contributed by atoms with E-state index in [9.17, 15) is 35.9 Å². The van der Waals surface area contributed by atoms with Crippen LogP contribution in [-0.2, 0) is 12.7 Å². The van der Waals surface area contributed by atoms with E-state index < -0.39 is 30.4 Å². The number of alkyl halides is 6. The van der Waals surface area contributed by atoms with Crippen LogP contribution in [0, 0.1) is 12.8 Å². The lowest BCUT2D eigenvalue weighted by Gasteiger charge is -2.32. The van der Waals surface area contributed by atoms with Crippen LogP contribution in [0.5, 0.6) is 11.5 Å². The number of piperidine rings is 1. The summed E-state index contributed by atoms with van der Waals surface area (Å²) in [5, 5.41) is 7.14. The van der Waals surface area contributed by atoms with Crippen molar-refractivity contribution in [2.75, 3.05) is 19.6 Å². The summed E-state index contributed by atoms with van der Waals surface area (Å²) in [5.74, 6) is -0.398. The van der Waals surface area contributed by atoms with Crippen LogP contribution >= 0.6 is 0 Å². The Hall–Kier alpha value is -4.55. The predicted octanol–water partition coefficient (Wildman–Crippen LogP) is 7.00. The van der Waals surface area contributed by atoms with Gasteiger partial charge in [0, 0.05) is 42.3 Å². The largest absolute Gasteiger partial charge is 0.457 e. The monoisotopic (exact) mass is 618 g/mol. The van der Waals surface area contributed by atoms with Gasteiger partial charge in [0.1, 0.15) is 18.0 Å². The van der Waals surface area contributed by atoms with Crippen molar-refractivity contribution in [2.24, 2.45) is 5.92 Å². The number of likely N-dealkylation sites (tertiary alicyclic amines) is 1. The summed E-state index contributed by atoms with van der Waals surface area (Å²) >= 11 is 0. The van der Waals surface area contributed by atoms with Gasteiger partial charge in [0.25, 0.3) is 11.8 Å². The van der Waals surface area contributed by atoms with E-state index >= 15 is 0 Å². The number of rotatable bonds is 7. The Morgan fingerprint density at radius 2 is 1.66 bits per heavy atom. The zero-order valence-corrected chi connectivity index (χ0v) is 23.5. The molecule has 2 amide bonds. The fourth-order valence-electron chi connectivity index (χ4n) is 5.20. The number of carbonyl (C=O) groups excluding carboxylic acids is 2. The number of benzene rings is 3. The van der Waals surface area contributed by atoms with E-state index in [0.717, 1.165) is 25.0 Å². The van der Waals surface area contributed by atoms with Gasteiger partial charge in [-0.1, -0.05) is 6.07 Å². The second kappa shape index (κ2) is 12.2. The van der Waals surface area contributed by atoms with E-state index in [1.807, 2.05) is 5.32 Å². The first-order valence-electron chi connectivity index (χ1n) is 13.8. The smallest absolute Gasteiger partial charge is 0.416 e. The molecule has 44 heavy (non-hydrogen) atoms. The molecule has 0 saturated carbocycles. The summed E-state index contributed by atoms with van der Waals surface area (Å²) < 4.78 is 83.7. The Balaban J connectivity index is 1.15. The number of hydrogen-bond acceptors (Lipinski definition) is 4. The molecular formula is C31H28F6N4O3. The number of aromatic nitrogens is 2. The van der Waals surface area contributed by atoms with Crippen LogP contribution in [0.4, 0.5) is 26.3 Å². The molecule has 1 aliphatic rings. The van der Waals surface area contributed by atoms with Gasteiger partial charge in [-0.05, 0) is 85.8 Å². The fourth-order valence-corrected chi connectivity index (χ4v) is 5.20. The van der Waals surface area contributed by atoms with Gasteiger partial charge < -0.3 is 15.0 Å². The molecule has 1 aromatic heterocycles. The third kappa shape index (κ3) is 7.32. The van der Waals surface area contributed by atoms with Crippen molar-refractivity contribution in [3.8, 4) is 11.5 Å². The molecule has 1 aliphatic heterocycles. The molecule has 1 saturated heterocycles. The highest BCUT2D eigenvalue weighted by molar-refractivity contribution is 6.00. The lowest BCUT2D eigenvalue weighted by Crippen LogP contribution is -2.39. The van der Waals surface area contributed by atoms with E-state index in [2.05, 4.69) is 5.10 Å². The molecular weight excluding hydrogens is 590 g/mol. The van der Waals surface area contributed by atoms with Gasteiger partial charge >= 0.3 is 12.4 Å². The maximum atomic E-state index is 13.1. The topological polar surface area (TPSA) is 76.5 Å². The normalized spacial score (nSPS) is 14.6. The van der Waals surface area contributed by atoms with Gasteiger partial charge in [0.05, 0.1) is 11.1 Å². The van der Waals surface area contributed by atoms with Crippen molar-refractivity contribution in [3.05, 3.63) is 89.1 Å². The summed E-state index contributed by atoms with van der Waals surface area (Å²) in [4.78, 5) is 27.1. The third-order valence-corrected chi connectivity index (χ3v) is 7.55. The summed E-state index contributed by atoms with van der Waals surface area (Å²) in [6.07, 6.45) is -5.75. The van der Waals surface area contributed by atoms with Crippen molar-refractivity contribution in [1.82, 2.24) is 20.0 Å². The quantitative estimate of drug-likeness (QED) is 0.227. The minimum Gasteiger partial charge on any atom is -0.457 e. The first-order valence-corrected chi connectivity index (χ1v) is 13.8. The molecule has 0 spiro atoms. The highest BCUT2D eigenvalue weighted by atomic mass is 19.4. The van der Waals surface area contributed by atoms with Gasteiger partial charge in [0.15, 0.2) is 0 Å². The van der Waals surface area contributed by atoms with Crippen LogP contribution in [0.3, 0.4) is 0 Å². The van der Waals surface area contributed by atoms with Gasteiger partial charge in [-0.2, -0.15) is 31.4 Å². The van der Waals surface area contributed by atoms with E-state index in [4.69, 9.17) is 4.74 Å². The number of aryl methyl sites for hydroxylation is 1. The first-order chi connectivity index (χ1) is 20.8. The van der Waals surface area contributed by atoms with Crippen LogP contribution in [0.25, 0.3) is 10.9 Å². The predicted molar refractivity (Wildman–Crippen MR) is 149 cm³/mol. The zero-order chi connectivity index (χ0) is 31.6. The van der Waals surface area contributed by atoms with Crippen molar-refractivity contribution >= 4 is 22.7 Å². The number of nitrogens with one attached hydrogen (secondary N) is 1. The lowest BCUT2D eigenvalue weighted by molar-refractivity contribution is -0.137. The van der Waals surface area contributed by atoms with Gasteiger partial charge in [-0.25, -0.2) is 0 Å². The minimum absolute atomic E-state index is 0.0353. The molecule has 1 fully saturated rings. The molecule has 0 atom stereocenters. The average Bonchev–Trinajstić information content (AvgIpc) is 3.39. The molecule has 232 valence electrons. The van der Waals surface area contributed by atoms with E-state index in [0.29, 0.717) is 47.4 Å². The molecule has 1 N–H and O–H groups in total. The number of ether oxygens (including phenoxy) is 1. The van der Waals surface area contributed by atoms with Crippen LogP contribution in [0.2, 0.25) is 0 Å². The Labute approximate surface area is 248 Å². The highest BCUT2D eigenvalue weighted by Gasteiger charge is 2.31. The Bertz CT molecular complexity index is 1660. The van der Waals surface area contributed by atoms with Crippen molar-refractivity contribution in [3.63, 3.8) is 0 Å². The summed E-state index contributed by atoms with van der Waals surface area (Å²) in [5.41, 5.74) is 0.942. The van der Waals surface area contributed by atoms with Crippen molar-refractivity contribution in [1.29, 1.82) is 0 Å². The van der Waals surface area contributed by atoms with Crippen LogP contribution in [-0.4, -0.2) is 52.3 Å². The summed E-state index contributed by atoms with van der Waals surface area (Å²) in [6, 6.07) is 13.9. The number of nitrogens with zero attached hydrogens (tertiary/aromatic N) is 3. The Kier molecular flexibility index (Phi) is 8.57. The van der Waals surface area contributed by atoms with E-state index in [-0.39, 0.29) is 23.1 Å². The second-order valence-electron chi connectivity index (χ2n) is 10.7. The number of hydrogen-bond donors (Lipinski definition) is 1. The van der Waals surface area contributed by atoms with Gasteiger partial charge in [0.2, 0.25) is 0 Å². The number of amides is 2. The molecule has 0 unspecified atom stereocenters. The maximum absolute atomic E-state index is 13.1. The standard InChI is InChI=1S/C31H28F6N4O3/c1-19-25(28(42)38-18-30(32,33)34)9-10-27-26(19)17-41(39-27)16-20-11-13-40(14-12-20)29(43)21-5-7-23(8-6-21)44-24-4-2-3-22(15-24)31(35,36)37/h2-10,15,17,20H,11-14,16,18H2,1H3,(H,38,42). The van der Waals surface area contributed by atoms with E-state index in [1.165, 1.54) is 30.3 Å². The van der Waals surface area contributed by atoms with E-state index in [1.54, 1.807) is 40.9 Å². The molecule has 2 heterocycles. The molecule has 0 bridgehead atoms. The molecule has 5 rings (SSSR count). The summed E-state index contributed by atoms with van der Waals surface area (Å²) in [7, 11) is 0. The zero-order valence-electron chi connectivity index (χ0n) is 23.5.